The first-order valence-corrected chi connectivity index (χ1v) is 10.5. The summed E-state index contributed by atoms with van der Waals surface area (Å²) in [6.07, 6.45) is -2.70. The van der Waals surface area contributed by atoms with Crippen molar-refractivity contribution in [1.29, 1.82) is 0 Å². The fourth-order valence-electron chi connectivity index (χ4n) is 3.50. The molecule has 0 aliphatic heterocycles. The standard InChI is InChI=1S/C21H25N3O3.C2HF3O2/c22-24-20(25)12-2-1-7-13-23-21(26)27-14-19-17-10-5-3-8-15(17)16-9-4-6-11-18(16)19;3-2(4,5)1(6)7/h3-6,8-11,19H,1-2,7,12-14,22H2,(H,23,26)(H,24,25);(H,6,7). The molecule has 0 bridgehead atoms. The van der Waals surface area contributed by atoms with Gasteiger partial charge in [0.15, 0.2) is 0 Å². The molecule has 0 unspecified atom stereocenters. The van der Waals surface area contributed by atoms with E-state index in [9.17, 15) is 22.8 Å². The second kappa shape index (κ2) is 12.6. The van der Waals surface area contributed by atoms with E-state index in [4.69, 9.17) is 20.5 Å². The number of alkyl carbamates (subject to hydrolysis) is 1. The van der Waals surface area contributed by atoms with Gasteiger partial charge in [-0.2, -0.15) is 13.2 Å². The average Bonchev–Trinajstić information content (AvgIpc) is 3.13. The van der Waals surface area contributed by atoms with Crippen LogP contribution in [0.5, 0.6) is 0 Å². The van der Waals surface area contributed by atoms with Crippen LogP contribution in [0.4, 0.5) is 18.0 Å². The number of benzene rings is 2. The van der Waals surface area contributed by atoms with Crippen molar-refractivity contribution in [3.8, 4) is 11.1 Å². The molecule has 184 valence electrons. The molecule has 0 radical (unpaired) electrons. The zero-order valence-corrected chi connectivity index (χ0v) is 18.2. The summed E-state index contributed by atoms with van der Waals surface area (Å²) in [5.41, 5.74) is 6.92. The van der Waals surface area contributed by atoms with E-state index >= 15 is 0 Å². The molecule has 2 aromatic rings. The number of carboxylic acids is 1. The number of hydrogen-bond donors (Lipinski definition) is 4. The summed E-state index contributed by atoms with van der Waals surface area (Å²) in [5, 5.41) is 9.90. The van der Waals surface area contributed by atoms with Crippen molar-refractivity contribution >= 4 is 18.0 Å². The molecule has 8 nitrogen and oxygen atoms in total. The summed E-state index contributed by atoms with van der Waals surface area (Å²) in [6, 6.07) is 16.5. The number of alkyl halides is 3. The Morgan fingerprint density at radius 3 is 1.97 bits per heavy atom. The summed E-state index contributed by atoms with van der Waals surface area (Å²) in [5.74, 6) is 2.17. The van der Waals surface area contributed by atoms with Gasteiger partial charge in [0, 0.05) is 18.9 Å². The Hall–Kier alpha value is -3.60. The van der Waals surface area contributed by atoms with E-state index in [-0.39, 0.29) is 11.8 Å². The lowest BCUT2D eigenvalue weighted by Gasteiger charge is -2.14. The van der Waals surface area contributed by atoms with Crippen LogP contribution in [0, 0.1) is 0 Å². The van der Waals surface area contributed by atoms with Gasteiger partial charge in [-0.3, -0.25) is 10.2 Å². The lowest BCUT2D eigenvalue weighted by molar-refractivity contribution is -0.192. The molecule has 11 heteroatoms. The van der Waals surface area contributed by atoms with E-state index in [1.165, 1.54) is 22.3 Å². The number of nitrogens with one attached hydrogen (secondary N) is 2. The number of carbonyl (C=O) groups excluding carboxylic acids is 2. The van der Waals surface area contributed by atoms with Gasteiger partial charge in [0.2, 0.25) is 5.91 Å². The number of carboxylic acid groups (broad SMARTS) is 1. The van der Waals surface area contributed by atoms with Crippen LogP contribution in [0.2, 0.25) is 0 Å². The molecule has 1 aliphatic carbocycles. The van der Waals surface area contributed by atoms with Crippen molar-refractivity contribution in [2.45, 2.75) is 37.8 Å². The zero-order chi connectivity index (χ0) is 25.1. The molecular weight excluding hydrogens is 455 g/mol. The first kappa shape index (κ1) is 26.7. The molecule has 2 amide bonds. The van der Waals surface area contributed by atoms with E-state index in [0.717, 1.165) is 19.3 Å². The molecule has 0 saturated heterocycles. The highest BCUT2D eigenvalue weighted by Gasteiger charge is 2.38. The SMILES string of the molecule is NNC(=O)CCCCCNC(=O)OCC1c2ccccc2-c2ccccc21.O=C(O)C(F)(F)F. The summed E-state index contributed by atoms with van der Waals surface area (Å²) in [4.78, 5) is 31.9. The minimum absolute atomic E-state index is 0.0675. The van der Waals surface area contributed by atoms with E-state index in [0.29, 0.717) is 19.6 Å². The third-order valence-electron chi connectivity index (χ3n) is 5.10. The lowest BCUT2D eigenvalue weighted by atomic mass is 9.98. The highest BCUT2D eigenvalue weighted by atomic mass is 19.4. The summed E-state index contributed by atoms with van der Waals surface area (Å²) >= 11 is 0. The molecule has 0 atom stereocenters. The molecule has 0 heterocycles. The molecule has 0 saturated carbocycles. The average molecular weight is 481 g/mol. The number of amides is 2. The van der Waals surface area contributed by atoms with Crippen LogP contribution < -0.4 is 16.6 Å². The number of aliphatic carboxylic acids is 1. The second-order valence-corrected chi connectivity index (χ2v) is 7.43. The van der Waals surface area contributed by atoms with E-state index in [1.807, 2.05) is 24.3 Å². The van der Waals surface area contributed by atoms with Crippen LogP contribution >= 0.6 is 0 Å². The van der Waals surface area contributed by atoms with Crippen molar-refractivity contribution in [3.05, 3.63) is 59.7 Å². The zero-order valence-electron chi connectivity index (χ0n) is 18.2. The predicted molar refractivity (Wildman–Crippen MR) is 118 cm³/mol. The van der Waals surface area contributed by atoms with Gasteiger partial charge in [-0.15, -0.1) is 0 Å². The Bertz CT molecular complexity index is 952. The van der Waals surface area contributed by atoms with Crippen molar-refractivity contribution in [2.75, 3.05) is 13.2 Å². The van der Waals surface area contributed by atoms with Gasteiger partial charge >= 0.3 is 18.2 Å². The largest absolute Gasteiger partial charge is 0.490 e. The number of halogens is 3. The molecule has 3 rings (SSSR count). The number of ether oxygens (including phenoxy) is 1. The van der Waals surface area contributed by atoms with Gasteiger partial charge < -0.3 is 15.2 Å². The van der Waals surface area contributed by atoms with Gasteiger partial charge in [0.25, 0.3) is 0 Å². The number of unbranched alkanes of at least 4 members (excludes halogenated alkanes) is 2. The Labute approximate surface area is 194 Å². The highest BCUT2D eigenvalue weighted by molar-refractivity contribution is 5.79. The maximum atomic E-state index is 12.0. The van der Waals surface area contributed by atoms with Gasteiger partial charge in [-0.05, 0) is 35.1 Å². The molecule has 0 spiro atoms. The van der Waals surface area contributed by atoms with Crippen LogP contribution in [0.3, 0.4) is 0 Å². The van der Waals surface area contributed by atoms with E-state index in [2.05, 4.69) is 35.0 Å². The van der Waals surface area contributed by atoms with Gasteiger partial charge in [-0.25, -0.2) is 15.4 Å². The number of rotatable bonds is 8. The molecule has 1 aliphatic rings. The van der Waals surface area contributed by atoms with Gasteiger partial charge in [0.1, 0.15) is 6.61 Å². The first-order chi connectivity index (χ1) is 16.1. The predicted octanol–water partition coefficient (Wildman–Crippen LogP) is 3.71. The van der Waals surface area contributed by atoms with Crippen molar-refractivity contribution in [3.63, 3.8) is 0 Å². The van der Waals surface area contributed by atoms with E-state index in [1.54, 1.807) is 0 Å². The van der Waals surface area contributed by atoms with Gasteiger partial charge in [0.05, 0.1) is 0 Å². The van der Waals surface area contributed by atoms with Crippen molar-refractivity contribution in [1.82, 2.24) is 10.7 Å². The lowest BCUT2D eigenvalue weighted by Crippen LogP contribution is -2.29. The smallest absolute Gasteiger partial charge is 0.475 e. The fraction of sp³-hybridized carbons (Fsp3) is 0.348. The molecule has 0 fully saturated rings. The normalized spacial score (nSPS) is 12.0. The number of carbonyl (C=O) groups is 3. The highest BCUT2D eigenvalue weighted by Crippen LogP contribution is 2.44. The Morgan fingerprint density at radius 1 is 0.941 bits per heavy atom. The van der Waals surface area contributed by atoms with Crippen LogP contribution in [-0.2, 0) is 14.3 Å². The Balaban J connectivity index is 0.000000509. The molecular formula is C23H26F3N3O5. The fourth-order valence-corrected chi connectivity index (χ4v) is 3.50. The maximum absolute atomic E-state index is 12.0. The van der Waals surface area contributed by atoms with Gasteiger partial charge in [-0.1, -0.05) is 55.0 Å². The van der Waals surface area contributed by atoms with Crippen LogP contribution in [0.15, 0.2) is 48.5 Å². The quantitative estimate of drug-likeness (QED) is 0.197. The minimum atomic E-state index is -5.08. The molecule has 0 aromatic heterocycles. The van der Waals surface area contributed by atoms with Crippen LogP contribution in [-0.4, -0.2) is 42.4 Å². The molecule has 2 aromatic carbocycles. The minimum Gasteiger partial charge on any atom is -0.475 e. The second-order valence-electron chi connectivity index (χ2n) is 7.43. The summed E-state index contributed by atoms with van der Waals surface area (Å²) < 4.78 is 37.2. The number of hydrazine groups is 1. The Morgan fingerprint density at radius 2 is 1.47 bits per heavy atom. The first-order valence-electron chi connectivity index (χ1n) is 10.5. The summed E-state index contributed by atoms with van der Waals surface area (Å²) in [6.45, 7) is 0.845. The van der Waals surface area contributed by atoms with E-state index < -0.39 is 18.2 Å². The number of nitrogens with two attached hydrogens (primary N) is 1. The summed E-state index contributed by atoms with van der Waals surface area (Å²) in [7, 11) is 0. The maximum Gasteiger partial charge on any atom is 0.490 e. The van der Waals surface area contributed by atoms with Crippen LogP contribution in [0.1, 0.15) is 42.7 Å². The third kappa shape index (κ3) is 7.77. The van der Waals surface area contributed by atoms with Crippen molar-refractivity contribution < 1.29 is 37.4 Å². The van der Waals surface area contributed by atoms with Crippen molar-refractivity contribution in [2.24, 2.45) is 5.84 Å². The topological polar surface area (TPSA) is 131 Å². The molecule has 5 N–H and O–H groups in total. The monoisotopic (exact) mass is 481 g/mol. The third-order valence-corrected chi connectivity index (χ3v) is 5.10. The molecule has 34 heavy (non-hydrogen) atoms. The number of fused-ring (bicyclic) bond motifs is 3. The Kier molecular flexibility index (Phi) is 9.87. The van der Waals surface area contributed by atoms with Crippen LogP contribution in [0.25, 0.3) is 11.1 Å². The number of hydrogen-bond acceptors (Lipinski definition) is 5.